The van der Waals surface area contributed by atoms with Crippen molar-refractivity contribution in [1.29, 1.82) is 0 Å². The number of hydrogen-bond donors (Lipinski definition) is 0. The first kappa shape index (κ1) is 10.7. The molecule has 0 unspecified atom stereocenters. The van der Waals surface area contributed by atoms with Crippen molar-refractivity contribution in [3.05, 3.63) is 35.4 Å². The van der Waals surface area contributed by atoms with E-state index in [2.05, 4.69) is 0 Å². The molecule has 0 spiro atoms. The lowest BCUT2D eigenvalue weighted by atomic mass is 9.88. The van der Waals surface area contributed by atoms with E-state index in [4.69, 9.17) is 23.2 Å². The second-order valence-electron chi connectivity index (χ2n) is 3.75. The third-order valence-corrected chi connectivity index (χ3v) is 3.58. The predicted octanol–water partition coefficient (Wildman–Crippen LogP) is 2.30. The summed E-state index contributed by atoms with van der Waals surface area (Å²) < 4.78 is 0. The zero-order valence-electron chi connectivity index (χ0n) is 7.80. The Bertz CT molecular complexity index is 399. The molecule has 1 aliphatic carbocycles. The summed E-state index contributed by atoms with van der Waals surface area (Å²) in [5.41, 5.74) is 0.702. The van der Waals surface area contributed by atoms with Crippen molar-refractivity contribution in [1.82, 2.24) is 0 Å². The number of carbonyl (C=O) groups is 2. The Morgan fingerprint density at radius 3 is 1.73 bits per heavy atom. The minimum atomic E-state index is -1.24. The fraction of sp³-hybridized carbons (Fsp3) is 0.273. The van der Waals surface area contributed by atoms with E-state index in [1.807, 2.05) is 24.3 Å². The van der Waals surface area contributed by atoms with E-state index in [9.17, 15) is 9.59 Å². The zero-order chi connectivity index (χ0) is 11.1. The summed E-state index contributed by atoms with van der Waals surface area (Å²) in [5.74, 6) is 0. The number of carbonyl (C=O) groups excluding carboxylic acids is 2. The molecule has 0 atom stereocenters. The van der Waals surface area contributed by atoms with Crippen LogP contribution in [0.2, 0.25) is 0 Å². The van der Waals surface area contributed by atoms with Crippen LogP contribution in [0.15, 0.2) is 24.3 Å². The summed E-state index contributed by atoms with van der Waals surface area (Å²) in [6.07, 6.45) is 0.627. The molecular weight excluding hydrogens is 235 g/mol. The Hall–Kier alpha value is -0.860. The number of fused-ring (bicyclic) bond motifs is 1. The molecule has 0 fully saturated rings. The fourth-order valence-corrected chi connectivity index (χ4v) is 2.46. The minimum absolute atomic E-state index is 0.313. The lowest BCUT2D eigenvalue weighted by molar-refractivity contribution is -0.130. The zero-order valence-corrected chi connectivity index (χ0v) is 9.31. The van der Waals surface area contributed by atoms with Gasteiger partial charge in [0.05, 0.1) is 0 Å². The van der Waals surface area contributed by atoms with E-state index in [1.54, 1.807) is 0 Å². The number of halogens is 2. The van der Waals surface area contributed by atoms with Crippen LogP contribution in [0.1, 0.15) is 11.1 Å². The van der Waals surface area contributed by atoms with Crippen molar-refractivity contribution in [2.24, 2.45) is 5.41 Å². The topological polar surface area (TPSA) is 34.1 Å². The van der Waals surface area contributed by atoms with E-state index >= 15 is 0 Å². The molecule has 78 valence electrons. The molecule has 2 nitrogen and oxygen atoms in total. The maximum absolute atomic E-state index is 11.3. The van der Waals surface area contributed by atoms with E-state index in [0.717, 1.165) is 11.1 Å². The smallest absolute Gasteiger partial charge is 0.237 e. The SMILES string of the molecule is O=C(Cl)C1(C(=O)Cl)Cc2ccccc2C1. The molecule has 0 N–H and O–H groups in total. The largest absolute Gasteiger partial charge is 0.280 e. The Labute approximate surface area is 97.2 Å². The van der Waals surface area contributed by atoms with Gasteiger partial charge in [0.25, 0.3) is 0 Å². The maximum atomic E-state index is 11.3. The van der Waals surface area contributed by atoms with Crippen molar-refractivity contribution in [3.8, 4) is 0 Å². The van der Waals surface area contributed by atoms with E-state index in [-0.39, 0.29) is 0 Å². The molecule has 1 aliphatic rings. The van der Waals surface area contributed by atoms with E-state index in [0.29, 0.717) is 12.8 Å². The van der Waals surface area contributed by atoms with E-state index < -0.39 is 15.9 Å². The number of benzene rings is 1. The van der Waals surface area contributed by atoms with E-state index in [1.165, 1.54) is 0 Å². The molecule has 0 bridgehead atoms. The molecule has 0 aromatic heterocycles. The third-order valence-electron chi connectivity index (χ3n) is 2.86. The second kappa shape index (κ2) is 3.62. The van der Waals surface area contributed by atoms with Gasteiger partial charge in [-0.05, 0) is 47.2 Å². The summed E-state index contributed by atoms with van der Waals surface area (Å²) in [6.45, 7) is 0. The summed E-state index contributed by atoms with van der Waals surface area (Å²) in [6, 6.07) is 7.51. The van der Waals surface area contributed by atoms with Crippen LogP contribution < -0.4 is 0 Å². The maximum Gasteiger partial charge on any atom is 0.237 e. The molecule has 0 amide bonds. The van der Waals surface area contributed by atoms with Crippen molar-refractivity contribution < 1.29 is 9.59 Å². The number of hydrogen-bond acceptors (Lipinski definition) is 2. The van der Waals surface area contributed by atoms with Crippen LogP contribution in [0.5, 0.6) is 0 Å². The summed E-state index contributed by atoms with van der Waals surface area (Å²) in [7, 11) is 0. The van der Waals surface area contributed by atoms with Gasteiger partial charge in [0.1, 0.15) is 5.41 Å². The molecule has 0 radical (unpaired) electrons. The predicted molar refractivity (Wildman–Crippen MR) is 58.0 cm³/mol. The first-order chi connectivity index (χ1) is 7.06. The summed E-state index contributed by atoms with van der Waals surface area (Å²) in [5, 5.41) is -1.34. The normalized spacial score (nSPS) is 17.2. The third kappa shape index (κ3) is 1.58. The average molecular weight is 243 g/mol. The fourth-order valence-electron chi connectivity index (χ4n) is 1.97. The highest BCUT2D eigenvalue weighted by Gasteiger charge is 2.48. The van der Waals surface area contributed by atoms with Crippen molar-refractivity contribution in [2.75, 3.05) is 0 Å². The molecule has 1 aromatic rings. The van der Waals surface area contributed by atoms with Gasteiger partial charge in [0.15, 0.2) is 0 Å². The Balaban J connectivity index is 2.45. The Morgan fingerprint density at radius 1 is 1.00 bits per heavy atom. The first-order valence-corrected chi connectivity index (χ1v) is 5.28. The molecule has 4 heteroatoms. The van der Waals surface area contributed by atoms with Crippen LogP contribution in [0, 0.1) is 5.41 Å². The van der Waals surface area contributed by atoms with Gasteiger partial charge in [-0.2, -0.15) is 0 Å². The quantitative estimate of drug-likeness (QED) is 0.590. The monoisotopic (exact) mass is 242 g/mol. The summed E-state index contributed by atoms with van der Waals surface area (Å²) in [4.78, 5) is 22.7. The first-order valence-electron chi connectivity index (χ1n) is 4.53. The Morgan fingerprint density at radius 2 is 1.40 bits per heavy atom. The minimum Gasteiger partial charge on any atom is -0.280 e. The van der Waals surface area contributed by atoms with Crippen molar-refractivity contribution in [3.63, 3.8) is 0 Å². The van der Waals surface area contributed by atoms with Crippen LogP contribution in [0.4, 0.5) is 0 Å². The van der Waals surface area contributed by atoms with Gasteiger partial charge in [-0.1, -0.05) is 24.3 Å². The van der Waals surface area contributed by atoms with Gasteiger partial charge in [-0.25, -0.2) is 0 Å². The second-order valence-corrected chi connectivity index (χ2v) is 4.44. The lowest BCUT2D eigenvalue weighted by Gasteiger charge is -2.18. The molecular formula is C11H8Cl2O2. The highest BCUT2D eigenvalue weighted by molar-refractivity contribution is 6.74. The lowest BCUT2D eigenvalue weighted by Crippen LogP contribution is -2.34. The van der Waals surface area contributed by atoms with Gasteiger partial charge in [-0.15, -0.1) is 0 Å². The average Bonchev–Trinajstić information content (AvgIpc) is 2.57. The van der Waals surface area contributed by atoms with Gasteiger partial charge in [0, 0.05) is 0 Å². The molecule has 0 heterocycles. The molecule has 0 aliphatic heterocycles. The molecule has 2 rings (SSSR count). The van der Waals surface area contributed by atoms with Crippen LogP contribution in [0.3, 0.4) is 0 Å². The standard InChI is InChI=1S/C11H8Cl2O2/c12-9(14)11(10(13)15)5-7-3-1-2-4-8(7)6-11/h1-4H,5-6H2. The summed E-state index contributed by atoms with van der Waals surface area (Å²) >= 11 is 11.0. The van der Waals surface area contributed by atoms with Crippen molar-refractivity contribution >= 4 is 33.7 Å². The van der Waals surface area contributed by atoms with Gasteiger partial charge in [-0.3, -0.25) is 9.59 Å². The molecule has 0 saturated heterocycles. The molecule has 15 heavy (non-hydrogen) atoms. The van der Waals surface area contributed by atoms with Crippen LogP contribution >= 0.6 is 23.2 Å². The molecule has 1 aromatic carbocycles. The van der Waals surface area contributed by atoms with Gasteiger partial charge in [0.2, 0.25) is 10.5 Å². The number of rotatable bonds is 2. The van der Waals surface area contributed by atoms with Crippen molar-refractivity contribution in [2.45, 2.75) is 12.8 Å². The Kier molecular flexibility index (Phi) is 2.57. The highest BCUT2D eigenvalue weighted by atomic mass is 35.5. The van der Waals surface area contributed by atoms with Gasteiger partial charge < -0.3 is 0 Å². The van der Waals surface area contributed by atoms with Crippen LogP contribution in [-0.2, 0) is 22.4 Å². The highest BCUT2D eigenvalue weighted by Crippen LogP contribution is 2.40. The van der Waals surface area contributed by atoms with Crippen LogP contribution in [-0.4, -0.2) is 10.5 Å². The van der Waals surface area contributed by atoms with Crippen LogP contribution in [0.25, 0.3) is 0 Å². The van der Waals surface area contributed by atoms with Gasteiger partial charge >= 0.3 is 0 Å². The molecule has 0 saturated carbocycles.